The van der Waals surface area contributed by atoms with E-state index in [1.54, 1.807) is 43.3 Å². The van der Waals surface area contributed by atoms with Gasteiger partial charge in [-0.15, -0.1) is 0 Å². The highest BCUT2D eigenvalue weighted by atomic mass is 32.2. The number of anilines is 3. The number of ether oxygens (including phenoxy) is 4. The van der Waals surface area contributed by atoms with Gasteiger partial charge in [-0.2, -0.15) is 8.42 Å². The highest BCUT2D eigenvalue weighted by Gasteiger charge is 2.32. The van der Waals surface area contributed by atoms with Crippen molar-refractivity contribution in [1.82, 2.24) is 20.9 Å². The Kier molecular flexibility index (Phi) is 25.1. The summed E-state index contributed by atoms with van der Waals surface area (Å²) < 4.78 is 61.0. The molecule has 0 bridgehead atoms. The van der Waals surface area contributed by atoms with Gasteiger partial charge < -0.3 is 55.7 Å². The SMILES string of the molecule is C=C1C=CC(=O)N1CCNC(=O)CCCCC(=O)N[C@@H](C)C(=O)N[C@@H](C)C(=O)Nc1cc(COc2cc(NC[C@@H](C)Cc3ccccc3C)c(C(C)=O)cc2OC)cc(COc2cc(NC(C(C)Cc3ccccc3C)S(=O)(=O)O)c(C(C)=O)cc2OC)c1. The first-order valence-electron chi connectivity index (χ1n) is 29.5. The van der Waals surface area contributed by atoms with Gasteiger partial charge in [0.2, 0.25) is 23.6 Å². The van der Waals surface area contributed by atoms with Gasteiger partial charge in [0.15, 0.2) is 39.9 Å². The molecule has 21 nitrogen and oxygen atoms in total. The Morgan fingerprint density at radius 2 is 1.18 bits per heavy atom. The molecule has 0 aromatic heterocycles. The average Bonchev–Trinajstić information content (AvgIpc) is 1.91. The molecule has 0 fully saturated rings. The Bertz CT molecular complexity index is 3550. The molecule has 5 atom stereocenters. The zero-order valence-electron chi connectivity index (χ0n) is 52.3. The minimum absolute atomic E-state index is 0.0426. The number of unbranched alkanes of at least 4 members (excludes halogenated alkanes) is 1. The molecule has 22 heteroatoms. The molecule has 5 aromatic rings. The summed E-state index contributed by atoms with van der Waals surface area (Å²) >= 11 is 0. The third kappa shape index (κ3) is 20.3. The van der Waals surface area contributed by atoms with Crippen LogP contribution in [0.15, 0.2) is 115 Å². The van der Waals surface area contributed by atoms with Crippen LogP contribution in [0.3, 0.4) is 0 Å². The van der Waals surface area contributed by atoms with Gasteiger partial charge in [-0.05, 0) is 149 Å². The van der Waals surface area contributed by atoms with Crippen molar-refractivity contribution in [2.24, 2.45) is 11.8 Å². The van der Waals surface area contributed by atoms with Crippen LogP contribution >= 0.6 is 0 Å². The molecule has 0 aliphatic carbocycles. The van der Waals surface area contributed by atoms with Crippen molar-refractivity contribution < 1.29 is 65.5 Å². The number of ketones is 2. The van der Waals surface area contributed by atoms with E-state index in [-0.39, 0.29) is 103 Å². The summed E-state index contributed by atoms with van der Waals surface area (Å²) in [5, 5.41) is 15.7. The van der Waals surface area contributed by atoms with Gasteiger partial charge in [0.05, 0.1) is 14.2 Å². The van der Waals surface area contributed by atoms with E-state index in [2.05, 4.69) is 64.5 Å². The first-order valence-corrected chi connectivity index (χ1v) is 31.0. The second-order valence-electron chi connectivity index (χ2n) is 22.5. The monoisotopic (exact) mass is 1240 g/mol. The minimum atomic E-state index is -4.76. The maximum absolute atomic E-state index is 13.9. The van der Waals surface area contributed by atoms with Crippen LogP contribution in [0.2, 0.25) is 0 Å². The molecule has 5 amide bonds. The van der Waals surface area contributed by atoms with Crippen molar-refractivity contribution in [1.29, 1.82) is 0 Å². The first kappa shape index (κ1) is 69.1. The van der Waals surface area contributed by atoms with Crippen LogP contribution in [-0.2, 0) is 60.1 Å². The number of aryl methyl sites for hydroxylation is 2. The van der Waals surface area contributed by atoms with E-state index in [4.69, 9.17) is 18.9 Å². The van der Waals surface area contributed by atoms with Crippen LogP contribution in [0.4, 0.5) is 17.1 Å². The molecule has 0 spiro atoms. The van der Waals surface area contributed by atoms with Gasteiger partial charge in [-0.3, -0.25) is 38.1 Å². The molecule has 0 radical (unpaired) electrons. The highest BCUT2D eigenvalue weighted by molar-refractivity contribution is 7.86. The van der Waals surface area contributed by atoms with Crippen LogP contribution in [0.5, 0.6) is 23.0 Å². The van der Waals surface area contributed by atoms with Gasteiger partial charge in [0.25, 0.3) is 16.0 Å². The average molecular weight is 1240 g/mol. The lowest BCUT2D eigenvalue weighted by atomic mass is 9.97. The fourth-order valence-electron chi connectivity index (χ4n) is 10.1. The number of nitrogens with zero attached hydrogens (tertiary/aromatic N) is 1. The van der Waals surface area contributed by atoms with Crippen LogP contribution in [0, 0.1) is 25.7 Å². The predicted molar refractivity (Wildman–Crippen MR) is 342 cm³/mol. The van der Waals surface area contributed by atoms with E-state index in [0.717, 1.165) is 17.5 Å². The normalized spacial score (nSPS) is 13.7. The second kappa shape index (κ2) is 32.3. The number of carbonyl (C=O) groups excluding carboxylic acids is 7. The number of nitrogens with one attached hydrogen (secondary N) is 6. The molecule has 2 unspecified atom stereocenters. The summed E-state index contributed by atoms with van der Waals surface area (Å²) in [6, 6.07) is 24.7. The van der Waals surface area contributed by atoms with Gasteiger partial charge >= 0.3 is 0 Å². The maximum Gasteiger partial charge on any atom is 0.286 e. The fourth-order valence-corrected chi connectivity index (χ4v) is 11.1. The lowest BCUT2D eigenvalue weighted by Crippen LogP contribution is -2.50. The first-order chi connectivity index (χ1) is 42.2. The van der Waals surface area contributed by atoms with E-state index < -0.39 is 57.0 Å². The quantitative estimate of drug-likeness (QED) is 0.0115. The van der Waals surface area contributed by atoms with E-state index >= 15 is 0 Å². The summed E-state index contributed by atoms with van der Waals surface area (Å²) in [6.45, 7) is 18.1. The molecule has 0 saturated carbocycles. The minimum Gasteiger partial charge on any atom is -0.493 e. The molecule has 1 aliphatic heterocycles. The molecule has 1 heterocycles. The lowest BCUT2D eigenvalue weighted by molar-refractivity contribution is -0.130. The van der Waals surface area contributed by atoms with Crippen molar-refractivity contribution in [2.45, 2.75) is 125 Å². The van der Waals surface area contributed by atoms with Crippen LogP contribution in [-0.4, -0.2) is 110 Å². The summed E-state index contributed by atoms with van der Waals surface area (Å²) in [6.07, 6.45) is 5.07. The summed E-state index contributed by atoms with van der Waals surface area (Å²) in [4.78, 5) is 92.1. The number of carbonyl (C=O) groups is 7. The predicted octanol–water partition coefficient (Wildman–Crippen LogP) is 9.22. The van der Waals surface area contributed by atoms with Crippen LogP contribution in [0.25, 0.3) is 0 Å². The molecule has 1 aliphatic rings. The molecule has 89 heavy (non-hydrogen) atoms. The van der Waals surface area contributed by atoms with Crippen LogP contribution in [0.1, 0.15) is 121 Å². The van der Waals surface area contributed by atoms with Gasteiger partial charge in [-0.1, -0.05) is 69.0 Å². The molecule has 6 rings (SSSR count). The van der Waals surface area contributed by atoms with E-state index in [9.17, 15) is 46.5 Å². The number of hydrogen-bond donors (Lipinski definition) is 7. The van der Waals surface area contributed by atoms with Gasteiger partial charge in [0.1, 0.15) is 25.3 Å². The zero-order valence-corrected chi connectivity index (χ0v) is 53.1. The third-order valence-electron chi connectivity index (χ3n) is 15.2. The largest absolute Gasteiger partial charge is 0.493 e. The van der Waals surface area contributed by atoms with E-state index in [1.165, 1.54) is 76.2 Å². The zero-order chi connectivity index (χ0) is 65.1. The van der Waals surface area contributed by atoms with E-state index in [0.29, 0.717) is 53.2 Å². The number of allylic oxidation sites excluding steroid dienone is 1. The molecular formula is C67H83N7O14S. The van der Waals surface area contributed by atoms with Crippen molar-refractivity contribution in [3.63, 3.8) is 0 Å². The maximum atomic E-state index is 13.9. The molecule has 7 N–H and O–H groups in total. The summed E-state index contributed by atoms with van der Waals surface area (Å²) in [5.41, 5.74) is 7.11. The Morgan fingerprint density at radius 3 is 1.71 bits per heavy atom. The van der Waals surface area contributed by atoms with Crippen molar-refractivity contribution in [2.75, 3.05) is 49.8 Å². The number of methoxy groups -OCH3 is 2. The van der Waals surface area contributed by atoms with Gasteiger partial charge in [-0.25, -0.2) is 0 Å². The number of amides is 5. The smallest absolute Gasteiger partial charge is 0.286 e. The Labute approximate surface area is 521 Å². The molecular weight excluding hydrogens is 1160 g/mol. The van der Waals surface area contributed by atoms with Crippen molar-refractivity contribution in [3.8, 4) is 23.0 Å². The number of Topliss-reactive ketones (excluding diaryl/α,β-unsaturated/α-hetero) is 2. The molecule has 5 aromatic carbocycles. The highest BCUT2D eigenvalue weighted by Crippen LogP contribution is 2.38. The third-order valence-corrected chi connectivity index (χ3v) is 16.4. The fraction of sp³-hybridized carbons (Fsp3) is 0.388. The summed E-state index contributed by atoms with van der Waals surface area (Å²) in [5.74, 6) is -2.41. The van der Waals surface area contributed by atoms with Crippen molar-refractivity contribution >= 4 is 68.3 Å². The summed E-state index contributed by atoms with van der Waals surface area (Å²) in [7, 11) is -1.92. The Balaban J connectivity index is 1.19. The van der Waals surface area contributed by atoms with Crippen molar-refractivity contribution in [3.05, 3.63) is 160 Å². The lowest BCUT2D eigenvalue weighted by Gasteiger charge is -2.26. The van der Waals surface area contributed by atoms with Crippen LogP contribution < -0.4 is 50.8 Å². The van der Waals surface area contributed by atoms with E-state index in [1.807, 2.05) is 43.3 Å². The number of hydrogen-bond acceptors (Lipinski definition) is 15. The topological polar surface area (TPSA) is 286 Å². The van der Waals surface area contributed by atoms with Gasteiger partial charge in [0, 0.05) is 84.6 Å². The molecule has 476 valence electrons. The Hall–Kier alpha value is -9.02. The standard InChI is InChI=1S/C67H83N7O14S/c1-40(28-51-20-14-12-18-41(51)2)37-69-56-35-60(58(85-10)33-54(56)47(8)75)87-38-49-30-50(39-88-61-36-57(55(48(9)76)34-59(61)86-11)73-67(89(82,83)84)43(4)29-52-21-15-13-19-42(52)3)32-53(31-49)72-66(81)46(7)71-65(80)45(6)70-63(78)23-17-16-22-62(77)68-26-27-74-44(5)24-25-64(74)79/h12-15,18-21,24-25,30-36,40,43,45-46,67,69,73H,5,16-17,22-23,26-29,37-39H2,1-4,6-11H3,(H,68,77)(H,70,78)(H,71,80)(H,72,81)(H,82,83,84)/t40-,43?,45-,46-,67?/m0/s1. The number of benzene rings is 5. The second-order valence-corrected chi connectivity index (χ2v) is 24.0. The number of rotatable bonds is 34. The Morgan fingerprint density at radius 1 is 0.652 bits per heavy atom. The molecule has 0 saturated heterocycles.